The van der Waals surface area contributed by atoms with Crippen LogP contribution >= 0.6 is 0 Å². The fourth-order valence-corrected chi connectivity index (χ4v) is 1.71. The van der Waals surface area contributed by atoms with Crippen molar-refractivity contribution in [3.63, 3.8) is 0 Å². The first kappa shape index (κ1) is 8.72. The van der Waals surface area contributed by atoms with Gasteiger partial charge in [0.25, 0.3) is 0 Å². The summed E-state index contributed by atoms with van der Waals surface area (Å²) in [5.74, 6) is 1.14. The van der Waals surface area contributed by atoms with Crippen molar-refractivity contribution in [3.05, 3.63) is 18.2 Å². The van der Waals surface area contributed by atoms with Crippen molar-refractivity contribution in [3.8, 4) is 0 Å². The first-order valence-electron chi connectivity index (χ1n) is 4.73. The number of imidazole rings is 1. The predicted octanol–water partition coefficient (Wildman–Crippen LogP) is 0.0811. The first-order valence-corrected chi connectivity index (χ1v) is 4.73. The van der Waals surface area contributed by atoms with Gasteiger partial charge in [0.1, 0.15) is 5.82 Å². The van der Waals surface area contributed by atoms with Gasteiger partial charge in [0.15, 0.2) is 0 Å². The molecule has 0 aliphatic carbocycles. The van der Waals surface area contributed by atoms with Gasteiger partial charge in [-0.25, -0.2) is 4.98 Å². The summed E-state index contributed by atoms with van der Waals surface area (Å²) in [5, 5.41) is 8.70. The van der Waals surface area contributed by atoms with Crippen LogP contribution in [0.5, 0.6) is 0 Å². The number of rotatable bonds is 3. The molecular formula is C9H15N3O. The highest BCUT2D eigenvalue weighted by molar-refractivity contribution is 4.95. The van der Waals surface area contributed by atoms with Crippen LogP contribution in [0, 0.1) is 0 Å². The summed E-state index contributed by atoms with van der Waals surface area (Å²) in [6, 6.07) is 0. The largest absolute Gasteiger partial charge is 0.396 e. The molecule has 0 spiro atoms. The normalized spacial score (nSPS) is 17.3. The van der Waals surface area contributed by atoms with Gasteiger partial charge >= 0.3 is 0 Å². The Hall–Kier alpha value is -0.870. The molecule has 2 heterocycles. The van der Waals surface area contributed by atoms with Crippen molar-refractivity contribution in [1.82, 2.24) is 14.5 Å². The van der Waals surface area contributed by atoms with Gasteiger partial charge in [-0.15, -0.1) is 0 Å². The predicted molar refractivity (Wildman–Crippen MR) is 49.2 cm³/mol. The number of aromatic nitrogens is 2. The lowest BCUT2D eigenvalue weighted by Gasteiger charge is -2.27. The third kappa shape index (κ3) is 1.89. The van der Waals surface area contributed by atoms with Gasteiger partial charge in [-0.05, 0) is 6.42 Å². The van der Waals surface area contributed by atoms with E-state index in [9.17, 15) is 0 Å². The summed E-state index contributed by atoms with van der Waals surface area (Å²) in [5.41, 5.74) is 0. The summed E-state index contributed by atoms with van der Waals surface area (Å²) in [7, 11) is 0. The zero-order valence-electron chi connectivity index (χ0n) is 7.69. The second-order valence-electron chi connectivity index (χ2n) is 3.39. The maximum Gasteiger partial charge on any atom is 0.122 e. The molecule has 0 radical (unpaired) electrons. The van der Waals surface area contributed by atoms with Gasteiger partial charge in [0.2, 0.25) is 0 Å². The van der Waals surface area contributed by atoms with Gasteiger partial charge in [0.05, 0.1) is 6.54 Å². The first-order chi connectivity index (χ1) is 6.40. The highest BCUT2D eigenvalue weighted by Crippen LogP contribution is 2.09. The highest BCUT2D eigenvalue weighted by Gasteiger charge is 2.15. The van der Waals surface area contributed by atoms with Gasteiger partial charge < -0.3 is 9.67 Å². The van der Waals surface area contributed by atoms with E-state index >= 15 is 0 Å². The molecule has 0 aromatic carbocycles. The number of aliphatic hydroxyl groups excluding tert-OH is 1. The van der Waals surface area contributed by atoms with Crippen LogP contribution in [0.3, 0.4) is 0 Å². The molecule has 4 nitrogen and oxygen atoms in total. The monoisotopic (exact) mass is 181 g/mol. The highest BCUT2D eigenvalue weighted by atomic mass is 16.3. The lowest BCUT2D eigenvalue weighted by atomic mass is 10.3. The van der Waals surface area contributed by atoms with Crippen LogP contribution < -0.4 is 0 Å². The van der Waals surface area contributed by atoms with E-state index in [0.29, 0.717) is 0 Å². The van der Waals surface area contributed by atoms with E-state index in [-0.39, 0.29) is 6.61 Å². The molecule has 4 heteroatoms. The molecule has 0 saturated carbocycles. The van der Waals surface area contributed by atoms with Crippen molar-refractivity contribution < 1.29 is 5.11 Å². The van der Waals surface area contributed by atoms with Crippen LogP contribution in [-0.4, -0.2) is 39.3 Å². The van der Waals surface area contributed by atoms with E-state index in [2.05, 4.69) is 14.5 Å². The molecule has 1 aromatic rings. The Kier molecular flexibility index (Phi) is 2.61. The average molecular weight is 181 g/mol. The zero-order chi connectivity index (χ0) is 9.10. The van der Waals surface area contributed by atoms with E-state index in [1.165, 1.54) is 0 Å². The number of nitrogens with zero attached hydrogens (tertiary/aromatic N) is 3. The van der Waals surface area contributed by atoms with Gasteiger partial charge in [-0.1, -0.05) is 0 Å². The summed E-state index contributed by atoms with van der Waals surface area (Å²) < 4.78 is 2.19. The number of hydrogen-bond acceptors (Lipinski definition) is 3. The van der Waals surface area contributed by atoms with Crippen LogP contribution in [0.2, 0.25) is 0 Å². The zero-order valence-corrected chi connectivity index (χ0v) is 7.69. The van der Waals surface area contributed by atoms with Crippen molar-refractivity contribution in [2.75, 3.05) is 19.7 Å². The minimum atomic E-state index is 0.283. The summed E-state index contributed by atoms with van der Waals surface area (Å²) in [4.78, 5) is 6.61. The second-order valence-corrected chi connectivity index (χ2v) is 3.39. The van der Waals surface area contributed by atoms with Crippen LogP contribution in [0.4, 0.5) is 0 Å². The number of aliphatic hydroxyl groups is 1. The molecule has 0 fully saturated rings. The third-order valence-corrected chi connectivity index (χ3v) is 2.46. The topological polar surface area (TPSA) is 41.3 Å². The summed E-state index contributed by atoms with van der Waals surface area (Å²) in [6.45, 7) is 4.28. The Morgan fingerprint density at radius 3 is 3.23 bits per heavy atom. The van der Waals surface area contributed by atoms with Gasteiger partial charge in [0, 0.05) is 38.6 Å². The van der Waals surface area contributed by atoms with Gasteiger partial charge in [-0.3, -0.25) is 4.90 Å². The smallest absolute Gasteiger partial charge is 0.122 e. The number of fused-ring (bicyclic) bond motifs is 1. The van der Waals surface area contributed by atoms with Crippen LogP contribution in [0.15, 0.2) is 12.4 Å². The molecule has 0 bridgehead atoms. The molecule has 1 aliphatic rings. The Labute approximate surface area is 77.8 Å². The van der Waals surface area contributed by atoms with Crippen molar-refractivity contribution in [2.45, 2.75) is 19.5 Å². The Morgan fingerprint density at radius 1 is 1.46 bits per heavy atom. The molecule has 13 heavy (non-hydrogen) atoms. The fourth-order valence-electron chi connectivity index (χ4n) is 1.71. The van der Waals surface area contributed by atoms with Crippen LogP contribution in [0.25, 0.3) is 0 Å². The van der Waals surface area contributed by atoms with E-state index in [1.807, 2.05) is 12.4 Å². The molecule has 0 atom stereocenters. The maximum absolute atomic E-state index is 8.70. The minimum absolute atomic E-state index is 0.283. The molecule has 2 rings (SSSR count). The number of hydrogen-bond donors (Lipinski definition) is 1. The molecule has 1 aromatic heterocycles. The minimum Gasteiger partial charge on any atom is -0.396 e. The lowest BCUT2D eigenvalue weighted by molar-refractivity contribution is 0.189. The molecule has 0 amide bonds. The molecule has 0 saturated heterocycles. The molecule has 1 aliphatic heterocycles. The molecule has 0 unspecified atom stereocenters. The summed E-state index contributed by atoms with van der Waals surface area (Å²) >= 11 is 0. The fraction of sp³-hybridized carbons (Fsp3) is 0.667. The van der Waals surface area contributed by atoms with E-state index in [4.69, 9.17) is 5.11 Å². The maximum atomic E-state index is 8.70. The Bertz CT molecular complexity index is 272. The van der Waals surface area contributed by atoms with Gasteiger partial charge in [-0.2, -0.15) is 0 Å². The van der Waals surface area contributed by atoms with E-state index in [0.717, 1.165) is 38.4 Å². The van der Waals surface area contributed by atoms with Crippen molar-refractivity contribution >= 4 is 0 Å². The van der Waals surface area contributed by atoms with Crippen LogP contribution in [0.1, 0.15) is 12.2 Å². The Morgan fingerprint density at radius 2 is 2.38 bits per heavy atom. The van der Waals surface area contributed by atoms with E-state index in [1.54, 1.807) is 0 Å². The van der Waals surface area contributed by atoms with Crippen molar-refractivity contribution in [1.29, 1.82) is 0 Å². The van der Waals surface area contributed by atoms with Crippen molar-refractivity contribution in [2.24, 2.45) is 0 Å². The summed E-state index contributed by atoms with van der Waals surface area (Å²) in [6.07, 6.45) is 4.74. The Balaban J connectivity index is 1.93. The van der Waals surface area contributed by atoms with Crippen LogP contribution in [-0.2, 0) is 13.1 Å². The standard InChI is InChI=1S/C9H15N3O/c13-7-1-3-11-5-6-12-4-2-10-9(12)8-11/h2,4,13H,1,3,5-8H2. The second kappa shape index (κ2) is 3.89. The average Bonchev–Trinajstić information content (AvgIpc) is 2.61. The molecule has 72 valence electrons. The lowest BCUT2D eigenvalue weighted by Crippen LogP contribution is -2.34. The molecule has 1 N–H and O–H groups in total. The third-order valence-electron chi connectivity index (χ3n) is 2.46. The SMILES string of the molecule is OCCCN1CCn2ccnc2C1. The quantitative estimate of drug-likeness (QED) is 0.718. The molecular weight excluding hydrogens is 166 g/mol. The van der Waals surface area contributed by atoms with E-state index < -0.39 is 0 Å².